The van der Waals surface area contributed by atoms with Gasteiger partial charge in [-0.3, -0.25) is 14.2 Å². The lowest BCUT2D eigenvalue weighted by Gasteiger charge is -2.12. The van der Waals surface area contributed by atoms with Gasteiger partial charge in [0, 0.05) is 31.0 Å². The molecule has 2 rings (SSSR count). The first-order chi connectivity index (χ1) is 9.02. The number of carbonyl (C=O) groups is 1. The number of rotatable bonds is 4. The van der Waals surface area contributed by atoms with E-state index in [1.807, 2.05) is 27.8 Å². The Morgan fingerprint density at radius 3 is 2.79 bits per heavy atom. The Bertz CT molecular complexity index is 584. The summed E-state index contributed by atoms with van der Waals surface area (Å²) in [7, 11) is 1.89. The summed E-state index contributed by atoms with van der Waals surface area (Å²) in [6.45, 7) is 6.66. The van der Waals surface area contributed by atoms with Crippen LogP contribution in [0.1, 0.15) is 41.6 Å². The van der Waals surface area contributed by atoms with Gasteiger partial charge in [0.1, 0.15) is 5.69 Å². The number of nitrogens with one attached hydrogen (secondary N) is 1. The van der Waals surface area contributed by atoms with E-state index in [4.69, 9.17) is 0 Å². The van der Waals surface area contributed by atoms with Crippen molar-refractivity contribution in [3.8, 4) is 0 Å². The van der Waals surface area contributed by atoms with Gasteiger partial charge in [-0.25, -0.2) is 0 Å². The number of amides is 1. The van der Waals surface area contributed by atoms with Crippen LogP contribution in [-0.4, -0.2) is 25.5 Å². The van der Waals surface area contributed by atoms with Crippen LogP contribution in [0, 0.1) is 6.92 Å². The topological polar surface area (TPSA) is 64.7 Å². The Labute approximate surface area is 112 Å². The molecule has 6 heteroatoms. The van der Waals surface area contributed by atoms with Crippen LogP contribution in [0.5, 0.6) is 0 Å². The Morgan fingerprint density at radius 2 is 2.26 bits per heavy atom. The third-order valence-electron chi connectivity index (χ3n) is 3.28. The molecule has 1 amide bonds. The van der Waals surface area contributed by atoms with E-state index in [0.717, 1.165) is 17.8 Å². The van der Waals surface area contributed by atoms with E-state index in [-0.39, 0.29) is 11.9 Å². The maximum atomic E-state index is 12.1. The van der Waals surface area contributed by atoms with Gasteiger partial charge in [0.05, 0.1) is 12.2 Å². The van der Waals surface area contributed by atoms with Crippen LogP contribution in [0.2, 0.25) is 0 Å². The van der Waals surface area contributed by atoms with Gasteiger partial charge in [-0.15, -0.1) is 0 Å². The molecule has 0 aliphatic rings. The molecule has 0 bridgehead atoms. The monoisotopic (exact) mass is 261 g/mol. The molecule has 0 fully saturated rings. The maximum Gasteiger partial charge on any atom is 0.272 e. The van der Waals surface area contributed by atoms with E-state index in [1.165, 1.54) is 0 Å². The second kappa shape index (κ2) is 5.26. The smallest absolute Gasteiger partial charge is 0.272 e. The normalized spacial score (nSPS) is 12.4. The van der Waals surface area contributed by atoms with Crippen LogP contribution >= 0.6 is 0 Å². The van der Waals surface area contributed by atoms with Crippen molar-refractivity contribution in [2.45, 2.75) is 33.4 Å². The van der Waals surface area contributed by atoms with Gasteiger partial charge in [0.2, 0.25) is 0 Å². The van der Waals surface area contributed by atoms with Crippen LogP contribution in [0.25, 0.3) is 0 Å². The van der Waals surface area contributed by atoms with Crippen LogP contribution in [0.3, 0.4) is 0 Å². The van der Waals surface area contributed by atoms with Crippen LogP contribution in [0.4, 0.5) is 0 Å². The number of hydrogen-bond acceptors (Lipinski definition) is 3. The molecule has 1 N–H and O–H groups in total. The van der Waals surface area contributed by atoms with Gasteiger partial charge in [-0.2, -0.15) is 10.2 Å². The average Bonchev–Trinajstić information content (AvgIpc) is 2.98. The van der Waals surface area contributed by atoms with Crippen molar-refractivity contribution in [3.05, 3.63) is 35.4 Å². The van der Waals surface area contributed by atoms with Gasteiger partial charge < -0.3 is 5.32 Å². The lowest BCUT2D eigenvalue weighted by atomic mass is 10.1. The molecular weight excluding hydrogens is 242 g/mol. The van der Waals surface area contributed by atoms with E-state index in [0.29, 0.717) is 5.69 Å². The van der Waals surface area contributed by atoms with Crippen molar-refractivity contribution in [2.75, 3.05) is 0 Å². The number of aryl methyl sites for hydroxylation is 2. The van der Waals surface area contributed by atoms with Gasteiger partial charge in [0.25, 0.3) is 5.91 Å². The Morgan fingerprint density at radius 1 is 1.53 bits per heavy atom. The molecule has 6 nitrogen and oxygen atoms in total. The van der Waals surface area contributed by atoms with Crippen LogP contribution < -0.4 is 5.32 Å². The lowest BCUT2D eigenvalue weighted by Crippen LogP contribution is -2.27. The lowest BCUT2D eigenvalue weighted by molar-refractivity contribution is 0.0934. The maximum absolute atomic E-state index is 12.1. The highest BCUT2D eigenvalue weighted by Gasteiger charge is 2.16. The van der Waals surface area contributed by atoms with Crippen molar-refractivity contribution in [2.24, 2.45) is 7.05 Å². The largest absolute Gasteiger partial charge is 0.344 e. The van der Waals surface area contributed by atoms with Crippen molar-refractivity contribution in [3.63, 3.8) is 0 Å². The van der Waals surface area contributed by atoms with Crippen molar-refractivity contribution in [1.29, 1.82) is 0 Å². The van der Waals surface area contributed by atoms with Gasteiger partial charge in [-0.05, 0) is 26.8 Å². The summed E-state index contributed by atoms with van der Waals surface area (Å²) in [5.41, 5.74) is 2.51. The highest BCUT2D eigenvalue weighted by Crippen LogP contribution is 2.16. The Balaban J connectivity index is 2.08. The molecule has 1 unspecified atom stereocenters. The molecule has 0 aliphatic carbocycles. The SMILES string of the molecule is CCn1ccc(C(=O)NC(C)c2cnn(C)c2C)n1. The van der Waals surface area contributed by atoms with Crippen molar-refractivity contribution < 1.29 is 4.79 Å². The fourth-order valence-corrected chi connectivity index (χ4v) is 1.95. The zero-order chi connectivity index (χ0) is 14.0. The summed E-state index contributed by atoms with van der Waals surface area (Å²) < 4.78 is 3.53. The van der Waals surface area contributed by atoms with Gasteiger partial charge >= 0.3 is 0 Å². The van der Waals surface area contributed by atoms with Gasteiger partial charge in [0.15, 0.2) is 0 Å². The quantitative estimate of drug-likeness (QED) is 0.905. The molecule has 0 saturated carbocycles. The molecule has 0 aliphatic heterocycles. The first-order valence-corrected chi connectivity index (χ1v) is 6.35. The summed E-state index contributed by atoms with van der Waals surface area (Å²) in [6.07, 6.45) is 3.58. The number of carbonyl (C=O) groups excluding carboxylic acids is 1. The predicted molar refractivity (Wildman–Crippen MR) is 71.7 cm³/mol. The van der Waals surface area contributed by atoms with Crippen LogP contribution in [-0.2, 0) is 13.6 Å². The molecule has 0 saturated heterocycles. The number of aromatic nitrogens is 4. The highest BCUT2D eigenvalue weighted by molar-refractivity contribution is 5.92. The van der Waals surface area contributed by atoms with E-state index < -0.39 is 0 Å². The minimum atomic E-state index is -0.164. The summed E-state index contributed by atoms with van der Waals surface area (Å²) in [5, 5.41) is 11.3. The molecular formula is C13H19N5O. The van der Waals surface area contributed by atoms with E-state index in [1.54, 1.807) is 27.8 Å². The zero-order valence-electron chi connectivity index (χ0n) is 11.7. The van der Waals surface area contributed by atoms with Crippen molar-refractivity contribution in [1.82, 2.24) is 24.9 Å². The minimum absolute atomic E-state index is 0.0898. The molecule has 0 radical (unpaired) electrons. The van der Waals surface area contributed by atoms with Gasteiger partial charge in [-0.1, -0.05) is 0 Å². The molecule has 2 aromatic rings. The fraction of sp³-hybridized carbons (Fsp3) is 0.462. The first kappa shape index (κ1) is 13.3. The highest BCUT2D eigenvalue weighted by atomic mass is 16.2. The van der Waals surface area contributed by atoms with E-state index >= 15 is 0 Å². The Kier molecular flexibility index (Phi) is 3.69. The molecule has 2 heterocycles. The van der Waals surface area contributed by atoms with E-state index in [9.17, 15) is 4.79 Å². The average molecular weight is 261 g/mol. The van der Waals surface area contributed by atoms with Crippen LogP contribution in [0.15, 0.2) is 18.5 Å². The number of hydrogen-bond donors (Lipinski definition) is 1. The number of nitrogens with zero attached hydrogens (tertiary/aromatic N) is 4. The standard InChI is InChI=1S/C13H19N5O/c1-5-18-7-6-12(16-18)13(19)15-9(2)11-8-14-17(4)10(11)3/h6-9H,5H2,1-4H3,(H,15,19). The second-order valence-corrected chi connectivity index (χ2v) is 4.56. The molecule has 0 aromatic carbocycles. The van der Waals surface area contributed by atoms with E-state index in [2.05, 4.69) is 15.5 Å². The summed E-state index contributed by atoms with van der Waals surface area (Å²) in [5.74, 6) is -0.164. The molecule has 2 aromatic heterocycles. The molecule has 102 valence electrons. The fourth-order valence-electron chi connectivity index (χ4n) is 1.95. The zero-order valence-corrected chi connectivity index (χ0v) is 11.7. The minimum Gasteiger partial charge on any atom is -0.344 e. The third-order valence-corrected chi connectivity index (χ3v) is 3.28. The summed E-state index contributed by atoms with van der Waals surface area (Å²) >= 11 is 0. The predicted octanol–water partition coefficient (Wildman–Crippen LogP) is 1.44. The third kappa shape index (κ3) is 2.67. The first-order valence-electron chi connectivity index (χ1n) is 6.35. The molecule has 1 atom stereocenters. The molecule has 19 heavy (non-hydrogen) atoms. The molecule has 0 spiro atoms. The summed E-state index contributed by atoms with van der Waals surface area (Å²) in [6, 6.07) is 1.63. The van der Waals surface area contributed by atoms with Crippen molar-refractivity contribution >= 4 is 5.91 Å². The Hall–Kier alpha value is -2.11. The summed E-state index contributed by atoms with van der Waals surface area (Å²) in [4.78, 5) is 12.1. The second-order valence-electron chi connectivity index (χ2n) is 4.56.